The summed E-state index contributed by atoms with van der Waals surface area (Å²) in [6.07, 6.45) is 0. The highest BCUT2D eigenvalue weighted by Gasteiger charge is 1.94. The topological polar surface area (TPSA) is 117 Å². The molecule has 0 saturated carbocycles. The second-order valence-corrected chi connectivity index (χ2v) is 4.86. The highest BCUT2D eigenvalue weighted by molar-refractivity contribution is 5.85. The van der Waals surface area contributed by atoms with E-state index in [4.69, 9.17) is 44.6 Å². The fourth-order valence-corrected chi connectivity index (χ4v) is 1.59. The molecule has 26 heavy (non-hydrogen) atoms. The van der Waals surface area contributed by atoms with Gasteiger partial charge in [-0.1, -0.05) is 0 Å². The first-order valence-electron chi connectivity index (χ1n) is 8.86. The molecule has 4 N–H and O–H groups in total. The SMILES string of the molecule is Cl.NCCOCCOCCOCCOCCOCCOCCOCCN. The van der Waals surface area contributed by atoms with Crippen LogP contribution < -0.4 is 11.5 Å². The van der Waals surface area contributed by atoms with Gasteiger partial charge in [0.05, 0.1) is 92.5 Å². The minimum atomic E-state index is 0. The van der Waals surface area contributed by atoms with Gasteiger partial charge in [-0.15, -0.1) is 12.4 Å². The minimum Gasteiger partial charge on any atom is -0.378 e. The van der Waals surface area contributed by atoms with Crippen molar-refractivity contribution < 1.29 is 33.2 Å². The van der Waals surface area contributed by atoms with Gasteiger partial charge in [0.25, 0.3) is 0 Å². The van der Waals surface area contributed by atoms with Crippen LogP contribution >= 0.6 is 12.4 Å². The van der Waals surface area contributed by atoms with E-state index in [2.05, 4.69) is 0 Å². The molecule has 0 spiro atoms. The van der Waals surface area contributed by atoms with Crippen LogP contribution in [0.2, 0.25) is 0 Å². The first-order valence-corrected chi connectivity index (χ1v) is 8.86. The molecule has 0 unspecified atom stereocenters. The van der Waals surface area contributed by atoms with E-state index >= 15 is 0 Å². The largest absolute Gasteiger partial charge is 0.378 e. The number of hydrogen-bond donors (Lipinski definition) is 2. The molecule has 160 valence electrons. The zero-order valence-electron chi connectivity index (χ0n) is 15.7. The molecular weight excluding hydrogens is 368 g/mol. The van der Waals surface area contributed by atoms with Gasteiger partial charge in [0.2, 0.25) is 0 Å². The van der Waals surface area contributed by atoms with E-state index in [9.17, 15) is 0 Å². The molecule has 0 aliphatic heterocycles. The van der Waals surface area contributed by atoms with Crippen molar-refractivity contribution in [2.45, 2.75) is 0 Å². The van der Waals surface area contributed by atoms with Gasteiger partial charge in [-0.05, 0) is 0 Å². The summed E-state index contributed by atoms with van der Waals surface area (Å²) in [5.41, 5.74) is 10.6. The molecular formula is C16H37ClN2O7. The lowest BCUT2D eigenvalue weighted by Crippen LogP contribution is -2.15. The molecule has 0 aliphatic carbocycles. The third kappa shape index (κ3) is 26.2. The molecule has 0 aromatic heterocycles. The quantitative estimate of drug-likeness (QED) is 0.229. The van der Waals surface area contributed by atoms with Crippen molar-refractivity contribution in [2.75, 3.05) is 106 Å². The third-order valence-corrected chi connectivity index (χ3v) is 2.76. The van der Waals surface area contributed by atoms with Gasteiger partial charge in [0.15, 0.2) is 0 Å². The number of hydrogen-bond acceptors (Lipinski definition) is 9. The van der Waals surface area contributed by atoms with Crippen molar-refractivity contribution in [3.05, 3.63) is 0 Å². The van der Waals surface area contributed by atoms with Gasteiger partial charge in [-0.3, -0.25) is 0 Å². The number of halogens is 1. The van der Waals surface area contributed by atoms with E-state index in [1.807, 2.05) is 0 Å². The molecule has 9 nitrogen and oxygen atoms in total. The molecule has 0 aromatic carbocycles. The number of rotatable bonds is 22. The maximum absolute atomic E-state index is 5.38. The summed E-state index contributed by atoms with van der Waals surface area (Å²) >= 11 is 0. The van der Waals surface area contributed by atoms with Crippen LogP contribution in [0.4, 0.5) is 0 Å². The Morgan fingerprint density at radius 1 is 0.308 bits per heavy atom. The van der Waals surface area contributed by atoms with Crippen LogP contribution in [-0.4, -0.2) is 106 Å². The van der Waals surface area contributed by atoms with Crippen LogP contribution in [0.5, 0.6) is 0 Å². The van der Waals surface area contributed by atoms with Gasteiger partial charge in [0, 0.05) is 13.1 Å². The Hall–Kier alpha value is -0.0700. The lowest BCUT2D eigenvalue weighted by atomic mass is 10.6. The van der Waals surface area contributed by atoms with Gasteiger partial charge >= 0.3 is 0 Å². The summed E-state index contributed by atoms with van der Waals surface area (Å²) in [6, 6.07) is 0. The standard InChI is InChI=1S/C16H36N2O7.ClH/c17-1-3-19-5-7-21-9-11-23-13-15-25-16-14-24-12-10-22-8-6-20-4-2-18;/h1-18H2;1H. The van der Waals surface area contributed by atoms with E-state index < -0.39 is 0 Å². The van der Waals surface area contributed by atoms with Gasteiger partial charge < -0.3 is 44.6 Å². The lowest BCUT2D eigenvalue weighted by molar-refractivity contribution is -0.0200. The monoisotopic (exact) mass is 404 g/mol. The zero-order chi connectivity index (χ0) is 18.3. The molecule has 0 rings (SSSR count). The molecule has 0 radical (unpaired) electrons. The van der Waals surface area contributed by atoms with Crippen LogP contribution in [0.3, 0.4) is 0 Å². The Morgan fingerprint density at radius 3 is 0.615 bits per heavy atom. The van der Waals surface area contributed by atoms with Gasteiger partial charge in [-0.2, -0.15) is 0 Å². The smallest absolute Gasteiger partial charge is 0.0701 e. The number of nitrogens with two attached hydrogens (primary N) is 2. The Morgan fingerprint density at radius 2 is 0.462 bits per heavy atom. The average molecular weight is 405 g/mol. The van der Waals surface area contributed by atoms with Crippen LogP contribution in [0, 0.1) is 0 Å². The lowest BCUT2D eigenvalue weighted by Gasteiger charge is -2.08. The molecule has 0 heterocycles. The number of ether oxygens (including phenoxy) is 7. The summed E-state index contributed by atoms with van der Waals surface area (Å²) in [4.78, 5) is 0. The average Bonchev–Trinajstić information content (AvgIpc) is 2.63. The first kappa shape index (κ1) is 28.1. The zero-order valence-corrected chi connectivity index (χ0v) is 16.6. The van der Waals surface area contributed by atoms with Crippen molar-refractivity contribution in [2.24, 2.45) is 11.5 Å². The van der Waals surface area contributed by atoms with E-state index in [-0.39, 0.29) is 12.4 Å². The van der Waals surface area contributed by atoms with E-state index in [0.29, 0.717) is 106 Å². The maximum atomic E-state index is 5.38. The molecule has 10 heteroatoms. The summed E-state index contributed by atoms with van der Waals surface area (Å²) in [5, 5.41) is 0. The van der Waals surface area contributed by atoms with Crippen molar-refractivity contribution in [1.29, 1.82) is 0 Å². The Bertz CT molecular complexity index is 223. The van der Waals surface area contributed by atoms with Gasteiger partial charge in [0.1, 0.15) is 0 Å². The van der Waals surface area contributed by atoms with E-state index in [0.717, 1.165) is 0 Å². The molecule has 0 saturated heterocycles. The molecule has 0 aromatic rings. The Balaban J connectivity index is 0. The third-order valence-electron chi connectivity index (χ3n) is 2.76. The molecule has 0 fully saturated rings. The Kier molecular flexibility index (Phi) is 29.4. The van der Waals surface area contributed by atoms with Crippen molar-refractivity contribution >= 4 is 12.4 Å². The van der Waals surface area contributed by atoms with Crippen LogP contribution in [0.15, 0.2) is 0 Å². The summed E-state index contributed by atoms with van der Waals surface area (Å²) in [6.45, 7) is 8.79. The van der Waals surface area contributed by atoms with Crippen LogP contribution in [0.25, 0.3) is 0 Å². The fourth-order valence-electron chi connectivity index (χ4n) is 1.59. The summed E-state index contributed by atoms with van der Waals surface area (Å²) in [7, 11) is 0. The normalized spacial score (nSPS) is 10.8. The van der Waals surface area contributed by atoms with Crippen LogP contribution in [0.1, 0.15) is 0 Å². The Labute approximate surface area is 163 Å². The highest BCUT2D eigenvalue weighted by Crippen LogP contribution is 1.84. The highest BCUT2D eigenvalue weighted by atomic mass is 35.5. The maximum Gasteiger partial charge on any atom is 0.0701 e. The molecule has 0 aliphatic rings. The predicted molar refractivity (Wildman–Crippen MR) is 101 cm³/mol. The van der Waals surface area contributed by atoms with E-state index in [1.165, 1.54) is 0 Å². The van der Waals surface area contributed by atoms with Gasteiger partial charge in [-0.25, -0.2) is 0 Å². The van der Waals surface area contributed by atoms with Crippen LogP contribution in [-0.2, 0) is 33.2 Å². The second-order valence-electron chi connectivity index (χ2n) is 4.86. The van der Waals surface area contributed by atoms with Crippen molar-refractivity contribution in [3.63, 3.8) is 0 Å². The predicted octanol–water partition coefficient (Wildman–Crippen LogP) is -0.558. The molecule has 0 amide bonds. The first-order chi connectivity index (χ1) is 12.4. The molecule has 0 bridgehead atoms. The summed E-state index contributed by atoms with van der Waals surface area (Å²) < 4.78 is 37.1. The van der Waals surface area contributed by atoms with E-state index in [1.54, 1.807) is 0 Å². The fraction of sp³-hybridized carbons (Fsp3) is 1.00. The second kappa shape index (κ2) is 27.2. The van der Waals surface area contributed by atoms with Crippen molar-refractivity contribution in [1.82, 2.24) is 0 Å². The minimum absolute atomic E-state index is 0. The molecule has 0 atom stereocenters. The van der Waals surface area contributed by atoms with Crippen molar-refractivity contribution in [3.8, 4) is 0 Å². The summed E-state index contributed by atoms with van der Waals surface area (Å²) in [5.74, 6) is 0.